The SMILES string of the molecule is CC(C)C1=CC(N(c2ccccc2)c2ccc3ccccc3n2)C2=CCc3c(C(C)C)cc(N(c4ccccc4)c4ccccn4)c4ccc1c2c34. The summed E-state index contributed by atoms with van der Waals surface area (Å²) in [7, 11) is 0. The summed E-state index contributed by atoms with van der Waals surface area (Å²) in [5.74, 6) is 2.51. The fourth-order valence-electron chi connectivity index (χ4n) is 8.37. The van der Waals surface area contributed by atoms with Gasteiger partial charge in [0, 0.05) is 28.3 Å². The van der Waals surface area contributed by atoms with Crippen molar-refractivity contribution in [2.75, 3.05) is 9.80 Å². The van der Waals surface area contributed by atoms with Crippen LogP contribution in [0.1, 0.15) is 55.9 Å². The van der Waals surface area contributed by atoms with Gasteiger partial charge in [0.25, 0.3) is 0 Å². The molecule has 2 heterocycles. The summed E-state index contributed by atoms with van der Waals surface area (Å²) in [5, 5.41) is 3.75. The van der Waals surface area contributed by atoms with Crippen LogP contribution < -0.4 is 9.80 Å². The number of nitrogens with zero attached hydrogens (tertiary/aromatic N) is 4. The first kappa shape index (κ1) is 31.9. The summed E-state index contributed by atoms with van der Waals surface area (Å²) in [4.78, 5) is 15.0. The van der Waals surface area contributed by atoms with Crippen LogP contribution in [0.15, 0.2) is 152 Å². The molecule has 0 saturated heterocycles. The van der Waals surface area contributed by atoms with Crippen molar-refractivity contribution in [1.82, 2.24) is 9.97 Å². The van der Waals surface area contributed by atoms with E-state index in [9.17, 15) is 0 Å². The minimum Gasteiger partial charge on any atom is -0.315 e. The number of anilines is 5. The summed E-state index contributed by atoms with van der Waals surface area (Å²) in [5.41, 5.74) is 12.6. The van der Waals surface area contributed by atoms with Gasteiger partial charge in [0.05, 0.1) is 17.2 Å². The molecule has 0 radical (unpaired) electrons. The molecule has 1 atom stereocenters. The van der Waals surface area contributed by atoms with E-state index in [1.165, 1.54) is 44.2 Å². The fourth-order valence-corrected chi connectivity index (χ4v) is 8.37. The zero-order valence-corrected chi connectivity index (χ0v) is 30.2. The molecular formula is C48H42N4. The normalized spacial score (nSPS) is 14.8. The number of hydrogen-bond acceptors (Lipinski definition) is 4. The van der Waals surface area contributed by atoms with Crippen molar-refractivity contribution in [1.29, 1.82) is 0 Å². The topological polar surface area (TPSA) is 32.3 Å². The van der Waals surface area contributed by atoms with Crippen LogP contribution in [0.5, 0.6) is 0 Å². The number of rotatable bonds is 8. The van der Waals surface area contributed by atoms with Crippen molar-refractivity contribution in [2.24, 2.45) is 5.92 Å². The third-order valence-corrected chi connectivity index (χ3v) is 10.7. The summed E-state index contributed by atoms with van der Waals surface area (Å²) in [6, 6.07) is 47.6. The lowest BCUT2D eigenvalue weighted by atomic mass is 9.72. The van der Waals surface area contributed by atoms with Crippen molar-refractivity contribution in [3.05, 3.63) is 174 Å². The van der Waals surface area contributed by atoms with E-state index in [0.717, 1.165) is 46.0 Å². The Kier molecular flexibility index (Phi) is 7.96. The van der Waals surface area contributed by atoms with E-state index in [4.69, 9.17) is 9.97 Å². The summed E-state index contributed by atoms with van der Waals surface area (Å²) in [6.45, 7) is 9.31. The van der Waals surface area contributed by atoms with Crippen LogP contribution in [0.4, 0.5) is 28.7 Å². The first-order chi connectivity index (χ1) is 25.5. The molecular weight excluding hydrogens is 633 g/mol. The van der Waals surface area contributed by atoms with Crippen molar-refractivity contribution in [3.63, 3.8) is 0 Å². The Morgan fingerprint density at radius 1 is 0.673 bits per heavy atom. The highest BCUT2D eigenvalue weighted by atomic mass is 15.2. The van der Waals surface area contributed by atoms with E-state index < -0.39 is 0 Å². The van der Waals surface area contributed by atoms with Crippen LogP contribution >= 0.6 is 0 Å². The van der Waals surface area contributed by atoms with Gasteiger partial charge >= 0.3 is 0 Å². The van der Waals surface area contributed by atoms with E-state index >= 15 is 0 Å². The summed E-state index contributed by atoms with van der Waals surface area (Å²) in [6.07, 6.45) is 7.78. The standard InChI is InChI=1S/C48H42N4/c1-31(2)40-29-43(51(34-16-7-5-8-17-34)45-21-13-14-28-49-45)38-25-23-37-41(32(3)4)30-44(39-26-24-36(40)47(38)48(37)39)52(35-18-9-6-10-19-35)46-27-22-33-15-11-12-20-42(33)50-46/h5-23,25-32,44H,24H2,1-4H3. The third-order valence-electron chi connectivity index (χ3n) is 10.7. The molecule has 0 fully saturated rings. The lowest BCUT2D eigenvalue weighted by Crippen LogP contribution is -2.35. The first-order valence-electron chi connectivity index (χ1n) is 18.5. The van der Waals surface area contributed by atoms with Crippen LogP contribution in [-0.4, -0.2) is 16.0 Å². The van der Waals surface area contributed by atoms with Gasteiger partial charge in [-0.15, -0.1) is 0 Å². The maximum Gasteiger partial charge on any atom is 0.137 e. The average Bonchev–Trinajstić information content (AvgIpc) is 3.18. The smallest absolute Gasteiger partial charge is 0.137 e. The number of fused-ring (bicyclic) bond motifs is 1. The molecule has 0 amide bonds. The van der Waals surface area contributed by atoms with Crippen LogP contribution in [0.25, 0.3) is 32.8 Å². The molecule has 0 bridgehead atoms. The monoisotopic (exact) mass is 674 g/mol. The number of benzene rings is 5. The minimum atomic E-state index is -0.0492. The Morgan fingerprint density at radius 2 is 1.40 bits per heavy atom. The molecule has 2 aromatic heterocycles. The lowest BCUT2D eigenvalue weighted by Gasteiger charge is -2.40. The van der Waals surface area contributed by atoms with Gasteiger partial charge in [0.15, 0.2) is 0 Å². The molecule has 5 aromatic carbocycles. The van der Waals surface area contributed by atoms with Gasteiger partial charge in [-0.1, -0.05) is 113 Å². The Bertz CT molecular complexity index is 2460. The van der Waals surface area contributed by atoms with E-state index in [2.05, 4.69) is 177 Å². The van der Waals surface area contributed by atoms with Gasteiger partial charge in [0.1, 0.15) is 11.6 Å². The summed E-state index contributed by atoms with van der Waals surface area (Å²) >= 11 is 0. The number of aromatic nitrogens is 2. The Labute approximate surface area is 306 Å². The van der Waals surface area contributed by atoms with E-state index in [1.807, 2.05) is 12.3 Å². The molecule has 254 valence electrons. The van der Waals surface area contributed by atoms with Crippen LogP contribution in [0.2, 0.25) is 0 Å². The molecule has 0 aliphatic heterocycles. The lowest BCUT2D eigenvalue weighted by molar-refractivity contribution is 0.829. The molecule has 7 aromatic rings. The van der Waals surface area contributed by atoms with Crippen molar-refractivity contribution in [3.8, 4) is 0 Å². The van der Waals surface area contributed by atoms with Gasteiger partial charge in [-0.3, -0.25) is 4.90 Å². The molecule has 0 saturated carbocycles. The molecule has 2 aliphatic rings. The van der Waals surface area contributed by atoms with E-state index in [-0.39, 0.29) is 6.04 Å². The molecule has 9 rings (SSSR count). The zero-order chi connectivity index (χ0) is 35.3. The molecule has 4 nitrogen and oxygen atoms in total. The molecule has 0 spiro atoms. The van der Waals surface area contributed by atoms with Gasteiger partial charge in [-0.05, 0) is 118 Å². The highest BCUT2D eigenvalue weighted by Gasteiger charge is 2.36. The quantitative estimate of drug-likeness (QED) is 0.161. The van der Waals surface area contributed by atoms with Crippen molar-refractivity contribution < 1.29 is 0 Å². The molecule has 2 aliphatic carbocycles. The van der Waals surface area contributed by atoms with E-state index in [1.54, 1.807) is 0 Å². The predicted molar refractivity (Wildman–Crippen MR) is 219 cm³/mol. The zero-order valence-electron chi connectivity index (χ0n) is 30.2. The second-order valence-electron chi connectivity index (χ2n) is 14.5. The number of pyridine rings is 2. The highest BCUT2D eigenvalue weighted by molar-refractivity contribution is 6.12. The molecule has 1 unspecified atom stereocenters. The Balaban J connectivity index is 1.33. The van der Waals surface area contributed by atoms with Gasteiger partial charge in [-0.2, -0.15) is 0 Å². The number of hydrogen-bond donors (Lipinski definition) is 0. The van der Waals surface area contributed by atoms with E-state index in [0.29, 0.717) is 11.8 Å². The van der Waals surface area contributed by atoms with Crippen LogP contribution in [-0.2, 0) is 6.42 Å². The maximum absolute atomic E-state index is 5.30. The Hall–Kier alpha value is -6.00. The summed E-state index contributed by atoms with van der Waals surface area (Å²) < 4.78 is 0. The average molecular weight is 675 g/mol. The van der Waals surface area contributed by atoms with Gasteiger partial charge in [-0.25, -0.2) is 9.97 Å². The third kappa shape index (κ3) is 5.29. The number of para-hydroxylation sites is 3. The predicted octanol–water partition coefficient (Wildman–Crippen LogP) is 12.6. The van der Waals surface area contributed by atoms with Crippen LogP contribution in [0, 0.1) is 5.92 Å². The van der Waals surface area contributed by atoms with Crippen molar-refractivity contribution in [2.45, 2.75) is 46.1 Å². The van der Waals surface area contributed by atoms with Crippen LogP contribution in [0.3, 0.4) is 0 Å². The van der Waals surface area contributed by atoms with Crippen molar-refractivity contribution >= 4 is 61.5 Å². The highest BCUT2D eigenvalue weighted by Crippen LogP contribution is 2.52. The Morgan fingerprint density at radius 3 is 2.13 bits per heavy atom. The maximum atomic E-state index is 5.30. The molecule has 52 heavy (non-hydrogen) atoms. The second kappa shape index (κ2) is 13.0. The number of allylic oxidation sites excluding steroid dienone is 2. The minimum absolute atomic E-state index is 0.0492. The first-order valence-corrected chi connectivity index (χ1v) is 18.5. The molecule has 4 heteroatoms. The molecule has 0 N–H and O–H groups in total. The largest absolute Gasteiger partial charge is 0.315 e. The fraction of sp³-hybridized carbons (Fsp3) is 0.167. The van der Waals surface area contributed by atoms with Gasteiger partial charge in [0.2, 0.25) is 0 Å². The second-order valence-corrected chi connectivity index (χ2v) is 14.5. The van der Waals surface area contributed by atoms with Gasteiger partial charge < -0.3 is 4.90 Å².